The highest BCUT2D eigenvalue weighted by Crippen LogP contribution is 2.09. The Labute approximate surface area is 118 Å². The van der Waals surface area contributed by atoms with E-state index in [2.05, 4.69) is 25.1 Å². The molecule has 0 amide bonds. The minimum atomic E-state index is -0.598. The zero-order chi connectivity index (χ0) is 15.1. The summed E-state index contributed by atoms with van der Waals surface area (Å²) in [6, 6.07) is 1.73. The number of carbonyl (C=O) groups excluding carboxylic acids is 1. The fourth-order valence-electron chi connectivity index (χ4n) is 2.04. The third-order valence-electron chi connectivity index (χ3n) is 3.07. The number of rotatable bonds is 2. The second-order valence-electron chi connectivity index (χ2n) is 4.55. The molecule has 9 nitrogen and oxygen atoms in total. The van der Waals surface area contributed by atoms with Crippen LogP contribution in [0.2, 0.25) is 0 Å². The fraction of sp³-hybridized carbons (Fsp3) is 0.250. The lowest BCUT2D eigenvalue weighted by molar-refractivity contribution is 0.0593. The van der Waals surface area contributed by atoms with E-state index < -0.39 is 5.97 Å². The summed E-state index contributed by atoms with van der Waals surface area (Å²) < 4.78 is 7.35. The molecule has 0 bridgehead atoms. The maximum Gasteiger partial charge on any atom is 0.360 e. The number of fused-ring (bicyclic) bond motifs is 1. The molecular weight excluding hydrogens is 276 g/mol. The average Bonchev–Trinajstić information content (AvgIpc) is 3.00. The summed E-state index contributed by atoms with van der Waals surface area (Å²) in [5.41, 5.74) is 1.54. The molecule has 9 heteroatoms. The molecule has 0 atom stereocenters. The number of nitrogens with one attached hydrogen (secondary N) is 1. The van der Waals surface area contributed by atoms with E-state index in [0.717, 1.165) is 5.56 Å². The van der Waals surface area contributed by atoms with Crippen molar-refractivity contribution in [3.05, 3.63) is 39.6 Å². The van der Waals surface area contributed by atoms with Crippen molar-refractivity contribution in [2.75, 3.05) is 7.11 Å². The zero-order valence-electron chi connectivity index (χ0n) is 11.6. The van der Waals surface area contributed by atoms with Gasteiger partial charge in [-0.05, 0) is 25.5 Å². The van der Waals surface area contributed by atoms with Gasteiger partial charge in [-0.1, -0.05) is 5.21 Å². The summed E-state index contributed by atoms with van der Waals surface area (Å²) in [6.07, 6.45) is 1.72. The third-order valence-corrected chi connectivity index (χ3v) is 3.07. The number of ether oxygens (including phenoxy) is 1. The Balaban J connectivity index is 2.19. The van der Waals surface area contributed by atoms with Gasteiger partial charge in [-0.2, -0.15) is 4.68 Å². The monoisotopic (exact) mass is 288 g/mol. The number of nitrogens with zero attached hydrogens (tertiary/aromatic N) is 5. The normalized spacial score (nSPS) is 11.0. The molecule has 0 aliphatic carbocycles. The first-order chi connectivity index (χ1) is 10.0. The zero-order valence-corrected chi connectivity index (χ0v) is 11.6. The highest BCUT2D eigenvalue weighted by atomic mass is 16.5. The van der Waals surface area contributed by atoms with Crippen LogP contribution in [0.1, 0.15) is 21.7 Å². The predicted molar refractivity (Wildman–Crippen MR) is 71.5 cm³/mol. The van der Waals surface area contributed by atoms with E-state index in [-0.39, 0.29) is 17.2 Å². The van der Waals surface area contributed by atoms with Gasteiger partial charge in [-0.3, -0.25) is 9.78 Å². The Morgan fingerprint density at radius 2 is 2.14 bits per heavy atom. The highest BCUT2D eigenvalue weighted by molar-refractivity contribution is 5.88. The molecule has 21 heavy (non-hydrogen) atoms. The van der Waals surface area contributed by atoms with Gasteiger partial charge in [0.05, 0.1) is 12.8 Å². The quantitative estimate of drug-likeness (QED) is 0.665. The Morgan fingerprint density at radius 3 is 2.86 bits per heavy atom. The van der Waals surface area contributed by atoms with Gasteiger partial charge in [-0.25, -0.2) is 9.31 Å². The molecule has 0 spiro atoms. The van der Waals surface area contributed by atoms with Crippen LogP contribution in [0.25, 0.3) is 11.5 Å². The summed E-state index contributed by atoms with van der Waals surface area (Å²) in [5, 5.41) is 11.8. The number of H-pyrrole nitrogens is 1. The summed E-state index contributed by atoms with van der Waals surface area (Å²) in [5.74, 6) is -0.428. The van der Waals surface area contributed by atoms with Gasteiger partial charge < -0.3 is 4.74 Å². The topological polar surface area (TPSA) is 107 Å². The Hall–Kier alpha value is -2.97. The van der Waals surface area contributed by atoms with Crippen molar-refractivity contribution in [1.29, 1.82) is 0 Å². The molecule has 0 fully saturated rings. The van der Waals surface area contributed by atoms with Gasteiger partial charge >= 0.3 is 5.97 Å². The van der Waals surface area contributed by atoms with E-state index in [4.69, 9.17) is 0 Å². The van der Waals surface area contributed by atoms with Crippen LogP contribution in [0.15, 0.2) is 17.1 Å². The number of hydrogen-bond donors (Lipinski definition) is 1. The first-order valence-electron chi connectivity index (χ1n) is 6.11. The average molecular weight is 288 g/mol. The maximum atomic E-state index is 12.0. The summed E-state index contributed by atoms with van der Waals surface area (Å²) >= 11 is 0. The molecule has 1 N–H and O–H groups in total. The molecular formula is C12H12N6O3. The van der Waals surface area contributed by atoms with Gasteiger partial charge in [0, 0.05) is 6.20 Å². The lowest BCUT2D eigenvalue weighted by Gasteiger charge is -2.03. The predicted octanol–water partition coefficient (Wildman–Crippen LogP) is 0.00674. The first-order valence-corrected chi connectivity index (χ1v) is 6.11. The highest BCUT2D eigenvalue weighted by Gasteiger charge is 2.19. The molecule has 0 saturated heterocycles. The van der Waals surface area contributed by atoms with Crippen molar-refractivity contribution < 1.29 is 9.53 Å². The summed E-state index contributed by atoms with van der Waals surface area (Å²) in [4.78, 5) is 26.2. The maximum absolute atomic E-state index is 12.0. The van der Waals surface area contributed by atoms with E-state index in [0.29, 0.717) is 11.2 Å². The number of carbonyl (C=O) groups is 1. The number of aryl methyl sites for hydroxylation is 1. The van der Waals surface area contributed by atoms with E-state index in [9.17, 15) is 9.59 Å². The molecule has 0 unspecified atom stereocenters. The Bertz CT molecular complexity index is 903. The van der Waals surface area contributed by atoms with Gasteiger partial charge in [0.25, 0.3) is 11.5 Å². The first kappa shape index (κ1) is 13.0. The molecule has 0 aliphatic rings. The van der Waals surface area contributed by atoms with E-state index >= 15 is 0 Å². The summed E-state index contributed by atoms with van der Waals surface area (Å²) in [7, 11) is 1.26. The van der Waals surface area contributed by atoms with Crippen molar-refractivity contribution in [1.82, 2.24) is 29.6 Å². The van der Waals surface area contributed by atoms with Gasteiger partial charge in [0.1, 0.15) is 5.52 Å². The lowest BCUT2D eigenvalue weighted by atomic mass is 10.3. The third kappa shape index (κ3) is 1.98. The van der Waals surface area contributed by atoms with Gasteiger partial charge in [0.2, 0.25) is 0 Å². The van der Waals surface area contributed by atoms with Crippen LogP contribution in [0.5, 0.6) is 0 Å². The number of methoxy groups -OCH3 is 1. The largest absolute Gasteiger partial charge is 0.464 e. The molecule has 0 aliphatic heterocycles. The van der Waals surface area contributed by atoms with Crippen LogP contribution in [0, 0.1) is 13.8 Å². The smallest absolute Gasteiger partial charge is 0.360 e. The molecule has 0 aromatic carbocycles. The number of hydrogen-bond acceptors (Lipinski definition) is 6. The number of aromatic amines is 1. The molecule has 0 radical (unpaired) electrons. The molecule has 3 rings (SSSR count). The number of esters is 1. The standard InChI is InChI=1S/C12H12N6O3/c1-6-4-8-10(19)13-12(15-17(8)5-6)18-7(2)9(14-16-18)11(20)21-3/h4-5H,1-3H3,(H,13,15,19). The molecule has 3 aromatic heterocycles. The van der Waals surface area contributed by atoms with Gasteiger partial charge in [0.15, 0.2) is 5.69 Å². The molecule has 0 saturated carbocycles. The van der Waals surface area contributed by atoms with Crippen molar-refractivity contribution in [3.8, 4) is 5.95 Å². The van der Waals surface area contributed by atoms with Gasteiger partial charge in [-0.15, -0.1) is 10.2 Å². The van der Waals surface area contributed by atoms with Crippen LogP contribution in [-0.4, -0.2) is 42.7 Å². The number of aromatic nitrogens is 6. The van der Waals surface area contributed by atoms with Crippen molar-refractivity contribution in [2.45, 2.75) is 13.8 Å². The SMILES string of the molecule is COC(=O)c1nnn(-c2nn3cc(C)cc3c(=O)[nH]2)c1C. The van der Waals surface area contributed by atoms with Crippen LogP contribution in [0.4, 0.5) is 0 Å². The molecule has 3 heterocycles. The molecule has 3 aromatic rings. The van der Waals surface area contributed by atoms with Crippen LogP contribution < -0.4 is 5.56 Å². The van der Waals surface area contributed by atoms with Crippen LogP contribution >= 0.6 is 0 Å². The van der Waals surface area contributed by atoms with E-state index in [1.165, 1.54) is 16.3 Å². The van der Waals surface area contributed by atoms with Crippen molar-refractivity contribution >= 4 is 11.5 Å². The van der Waals surface area contributed by atoms with E-state index in [1.807, 2.05) is 6.92 Å². The van der Waals surface area contributed by atoms with Crippen molar-refractivity contribution in [3.63, 3.8) is 0 Å². The van der Waals surface area contributed by atoms with Crippen LogP contribution in [0.3, 0.4) is 0 Å². The fourth-order valence-corrected chi connectivity index (χ4v) is 2.04. The Morgan fingerprint density at radius 1 is 1.38 bits per heavy atom. The van der Waals surface area contributed by atoms with E-state index in [1.54, 1.807) is 19.2 Å². The minimum Gasteiger partial charge on any atom is -0.464 e. The summed E-state index contributed by atoms with van der Waals surface area (Å²) in [6.45, 7) is 3.50. The second kappa shape index (κ2) is 4.54. The second-order valence-corrected chi connectivity index (χ2v) is 4.55. The molecule has 108 valence electrons. The lowest BCUT2D eigenvalue weighted by Crippen LogP contribution is -2.18. The van der Waals surface area contributed by atoms with Crippen molar-refractivity contribution in [2.24, 2.45) is 0 Å². The van der Waals surface area contributed by atoms with Crippen LogP contribution in [-0.2, 0) is 4.74 Å². The minimum absolute atomic E-state index is 0.0731. The Kier molecular flexibility index (Phi) is 2.82.